The first-order chi connectivity index (χ1) is 37.1. The smallest absolute Gasteiger partial charge is 0.236 e. The molecule has 0 atom stereocenters. The maximum atomic E-state index is 12.2. The van der Waals surface area contributed by atoms with E-state index in [-0.39, 0.29) is 16.8 Å². The molecule has 0 aliphatic heterocycles. The first-order valence-electron chi connectivity index (χ1n) is 24.9. The molecular formula is C69H40N6. The van der Waals surface area contributed by atoms with Crippen molar-refractivity contribution in [1.82, 2.24) is 13.7 Å². The molecule has 0 N–H and O–H groups in total. The molecule has 6 heteroatoms. The Morgan fingerprint density at radius 3 is 0.840 bits per heavy atom. The summed E-state index contributed by atoms with van der Waals surface area (Å²) in [5.41, 5.74) is 15.2. The number of hydrogen-bond donors (Lipinski definition) is 0. The average Bonchev–Trinajstić information content (AvgIpc) is 4.11. The molecule has 0 unspecified atom stereocenters. The second-order valence-corrected chi connectivity index (χ2v) is 18.9. The average molecular weight is 953 g/mol. The minimum atomic E-state index is 0.190. The van der Waals surface area contributed by atoms with Gasteiger partial charge in [0.1, 0.15) is 12.1 Å². The summed E-state index contributed by atoms with van der Waals surface area (Å²) < 4.78 is 6.29. The van der Waals surface area contributed by atoms with E-state index < -0.39 is 0 Å². The Labute approximate surface area is 432 Å². The van der Waals surface area contributed by atoms with Gasteiger partial charge in [-0.2, -0.15) is 10.5 Å². The zero-order chi connectivity index (χ0) is 50.1. The molecule has 0 saturated heterocycles. The maximum Gasteiger partial charge on any atom is 0.236 e. The predicted molar refractivity (Wildman–Crippen MR) is 307 cm³/mol. The van der Waals surface area contributed by atoms with Gasteiger partial charge in [0, 0.05) is 32.3 Å². The maximum absolute atomic E-state index is 12.2. The van der Waals surface area contributed by atoms with Crippen LogP contribution in [0.5, 0.6) is 0 Å². The third-order valence-corrected chi connectivity index (χ3v) is 14.9. The first kappa shape index (κ1) is 43.1. The van der Waals surface area contributed by atoms with E-state index in [4.69, 9.17) is 0 Å². The molecule has 3 aromatic heterocycles. The van der Waals surface area contributed by atoms with E-state index in [0.717, 1.165) is 110 Å². The third kappa shape index (κ3) is 6.64. The lowest BCUT2D eigenvalue weighted by molar-refractivity contribution is 1.08. The third-order valence-electron chi connectivity index (χ3n) is 14.9. The van der Waals surface area contributed by atoms with E-state index in [1.165, 1.54) is 0 Å². The van der Waals surface area contributed by atoms with Crippen LogP contribution in [-0.4, -0.2) is 13.7 Å². The first-order valence-corrected chi connectivity index (χ1v) is 24.9. The van der Waals surface area contributed by atoms with Gasteiger partial charge < -0.3 is 13.7 Å². The summed E-state index contributed by atoms with van der Waals surface area (Å²) in [5.74, 6) is 0. The quantitative estimate of drug-likeness (QED) is 0.149. The summed E-state index contributed by atoms with van der Waals surface area (Å²) in [4.78, 5) is 4.49. The number of aromatic nitrogens is 3. The number of para-hydroxylation sites is 2. The molecule has 6 nitrogen and oxygen atoms in total. The molecule has 0 radical (unpaired) electrons. The summed E-state index contributed by atoms with van der Waals surface area (Å²) in [6, 6.07) is 88.9. The van der Waals surface area contributed by atoms with Crippen LogP contribution in [0.1, 0.15) is 11.1 Å². The molecule has 0 aliphatic rings. The molecule has 0 bridgehead atoms. The minimum Gasteiger partial charge on any atom is -0.318 e. The van der Waals surface area contributed by atoms with Crippen molar-refractivity contribution in [3.63, 3.8) is 0 Å². The Hall–Kier alpha value is -10.7. The van der Waals surface area contributed by atoms with E-state index in [2.05, 4.69) is 176 Å². The topological polar surface area (TPSA) is 66.7 Å². The van der Waals surface area contributed by atoms with Crippen molar-refractivity contribution in [2.75, 3.05) is 0 Å². The monoisotopic (exact) mass is 952 g/mol. The highest BCUT2D eigenvalue weighted by molar-refractivity contribution is 6.16. The van der Waals surface area contributed by atoms with Gasteiger partial charge in [0.2, 0.25) is 5.69 Å². The van der Waals surface area contributed by atoms with Crippen LogP contribution in [0.2, 0.25) is 0 Å². The number of nitrogens with zero attached hydrogens (tertiary/aromatic N) is 6. The van der Waals surface area contributed by atoms with Crippen molar-refractivity contribution >= 4 is 71.1 Å². The van der Waals surface area contributed by atoms with Crippen LogP contribution in [0, 0.1) is 29.2 Å². The molecule has 0 saturated carbocycles. The molecule has 14 aromatic rings. The highest BCUT2D eigenvalue weighted by Gasteiger charge is 2.33. The molecule has 75 heavy (non-hydrogen) atoms. The second kappa shape index (κ2) is 17.3. The fourth-order valence-electron chi connectivity index (χ4n) is 11.6. The van der Waals surface area contributed by atoms with Crippen LogP contribution in [0.25, 0.3) is 132 Å². The lowest BCUT2D eigenvalue weighted by Crippen LogP contribution is -2.11. The number of hydrogen-bond acceptors (Lipinski definition) is 2. The van der Waals surface area contributed by atoms with E-state index >= 15 is 0 Å². The number of rotatable bonds is 7. The summed E-state index contributed by atoms with van der Waals surface area (Å²) in [5, 5.41) is 30.0. The van der Waals surface area contributed by atoms with Gasteiger partial charge in [-0.1, -0.05) is 182 Å². The van der Waals surface area contributed by atoms with Gasteiger partial charge in [-0.3, -0.25) is 0 Å². The standard InChI is InChI=1S/C69H40N6/c1-72-66-68(74-60-28-16-14-26-52(60)53-27-15-17-29-61(53)74)58(42-70)67(73-62-34-30-48(44-18-6-2-7-19-44)38-54(62)55-39-49(31-35-63(55)73)45-20-8-3-9-21-45)59(43-71)69(66)75-64-36-32-50(46-22-10-4-11-23-46)40-56(64)57-41-51(33-37-65(57)75)47-24-12-5-13-25-47/h2-41H. The predicted octanol–water partition coefficient (Wildman–Crippen LogP) is 17.9. The second-order valence-electron chi connectivity index (χ2n) is 18.9. The number of benzene rings is 11. The van der Waals surface area contributed by atoms with Gasteiger partial charge in [0.25, 0.3) is 0 Å². The fraction of sp³-hybridized carbons (Fsp3) is 0. The highest BCUT2D eigenvalue weighted by atomic mass is 15.1. The Morgan fingerprint density at radius 1 is 0.280 bits per heavy atom. The van der Waals surface area contributed by atoms with Crippen LogP contribution in [-0.2, 0) is 0 Å². The van der Waals surface area contributed by atoms with E-state index in [1.807, 2.05) is 97.1 Å². The van der Waals surface area contributed by atoms with E-state index in [1.54, 1.807) is 0 Å². The molecule has 0 fully saturated rings. The van der Waals surface area contributed by atoms with Crippen molar-refractivity contribution in [3.8, 4) is 73.7 Å². The molecule has 11 aromatic carbocycles. The molecule has 0 spiro atoms. The van der Waals surface area contributed by atoms with E-state index in [9.17, 15) is 17.1 Å². The normalized spacial score (nSPS) is 11.4. The Bertz CT molecular complexity index is 4280. The van der Waals surface area contributed by atoms with Gasteiger partial charge >= 0.3 is 0 Å². The lowest BCUT2D eigenvalue weighted by atomic mass is 9.99. The van der Waals surface area contributed by atoms with Crippen molar-refractivity contribution < 1.29 is 0 Å². The number of fused-ring (bicyclic) bond motifs is 9. The Kier molecular flexibility index (Phi) is 9.92. The van der Waals surface area contributed by atoms with Crippen molar-refractivity contribution in [3.05, 3.63) is 265 Å². The fourth-order valence-corrected chi connectivity index (χ4v) is 11.6. The zero-order valence-electron chi connectivity index (χ0n) is 40.3. The van der Waals surface area contributed by atoms with Gasteiger partial charge in [0.15, 0.2) is 0 Å². The lowest BCUT2D eigenvalue weighted by Gasteiger charge is -2.23. The van der Waals surface area contributed by atoms with Gasteiger partial charge in [0.05, 0.1) is 67.9 Å². The van der Waals surface area contributed by atoms with Crippen molar-refractivity contribution in [2.24, 2.45) is 0 Å². The Morgan fingerprint density at radius 2 is 0.547 bits per heavy atom. The minimum absolute atomic E-state index is 0.190. The summed E-state index contributed by atoms with van der Waals surface area (Å²) in [6.45, 7) is 9.39. The van der Waals surface area contributed by atoms with Gasteiger partial charge in [-0.15, -0.1) is 0 Å². The van der Waals surface area contributed by atoms with Crippen molar-refractivity contribution in [1.29, 1.82) is 10.5 Å². The van der Waals surface area contributed by atoms with Crippen LogP contribution < -0.4 is 0 Å². The van der Waals surface area contributed by atoms with Crippen molar-refractivity contribution in [2.45, 2.75) is 0 Å². The zero-order valence-corrected chi connectivity index (χ0v) is 40.3. The molecular weight excluding hydrogens is 913 g/mol. The van der Waals surface area contributed by atoms with Crippen LogP contribution >= 0.6 is 0 Å². The molecule has 14 rings (SSSR count). The molecule has 0 amide bonds. The van der Waals surface area contributed by atoms with Crippen LogP contribution in [0.4, 0.5) is 5.69 Å². The highest BCUT2D eigenvalue weighted by Crippen LogP contribution is 2.50. The van der Waals surface area contributed by atoms with Crippen LogP contribution in [0.3, 0.4) is 0 Å². The summed E-state index contributed by atoms with van der Waals surface area (Å²) >= 11 is 0. The Balaban J connectivity index is 1.18. The van der Waals surface area contributed by atoms with Gasteiger partial charge in [-0.05, 0) is 105 Å². The molecule has 0 aliphatic carbocycles. The molecule has 346 valence electrons. The largest absolute Gasteiger partial charge is 0.318 e. The number of nitriles is 2. The summed E-state index contributed by atoms with van der Waals surface area (Å²) in [6.07, 6.45) is 0. The SMILES string of the molecule is [C-]#[N+]c1c(-n2c3ccccc3c3ccccc32)c(C#N)c(-n2c3ccc(-c4ccccc4)cc3c3cc(-c4ccccc4)ccc32)c(C#N)c1-n1c2ccc(-c3ccccc3)cc2c2cc(-c3ccccc3)ccc21. The van der Waals surface area contributed by atoms with Crippen LogP contribution in [0.15, 0.2) is 243 Å². The summed E-state index contributed by atoms with van der Waals surface area (Å²) in [7, 11) is 0. The molecule has 3 heterocycles. The van der Waals surface area contributed by atoms with Gasteiger partial charge in [-0.25, -0.2) is 4.85 Å². The van der Waals surface area contributed by atoms with E-state index in [0.29, 0.717) is 17.1 Å².